The van der Waals surface area contributed by atoms with Crippen molar-refractivity contribution >= 4 is 11.8 Å². The Kier molecular flexibility index (Phi) is 4.40. The maximum Gasteiger partial charge on any atom is 0.246 e. The van der Waals surface area contributed by atoms with E-state index >= 15 is 0 Å². The van der Waals surface area contributed by atoms with Crippen LogP contribution in [-0.2, 0) is 9.59 Å². The zero-order valence-electron chi connectivity index (χ0n) is 13.3. The van der Waals surface area contributed by atoms with Crippen molar-refractivity contribution in [3.05, 3.63) is 0 Å². The molecule has 2 amide bonds. The minimum atomic E-state index is -0.361. The molecule has 1 saturated carbocycles. The van der Waals surface area contributed by atoms with Crippen molar-refractivity contribution in [3.63, 3.8) is 0 Å². The molecule has 3 atom stereocenters. The van der Waals surface area contributed by atoms with Crippen LogP contribution in [-0.4, -0.2) is 34.8 Å². The Bertz CT molecular complexity index is 388. The second kappa shape index (κ2) is 5.74. The smallest absolute Gasteiger partial charge is 0.246 e. The molecule has 2 fully saturated rings. The van der Waals surface area contributed by atoms with Crippen LogP contribution in [0.3, 0.4) is 0 Å². The van der Waals surface area contributed by atoms with Gasteiger partial charge < -0.3 is 10.2 Å². The summed E-state index contributed by atoms with van der Waals surface area (Å²) in [6.07, 6.45) is 3.62. The van der Waals surface area contributed by atoms with E-state index in [1.807, 2.05) is 32.6 Å². The Balaban J connectivity index is 2.28. The number of piperazine rings is 1. The van der Waals surface area contributed by atoms with Gasteiger partial charge in [-0.05, 0) is 37.5 Å². The summed E-state index contributed by atoms with van der Waals surface area (Å²) < 4.78 is 0. The van der Waals surface area contributed by atoms with Crippen molar-refractivity contribution in [2.45, 2.75) is 72.0 Å². The third-order valence-corrected chi connectivity index (χ3v) is 4.96. The molecule has 1 aliphatic carbocycles. The Hall–Kier alpha value is -1.06. The quantitative estimate of drug-likeness (QED) is 0.858. The van der Waals surface area contributed by atoms with Crippen LogP contribution in [0.2, 0.25) is 0 Å². The molecule has 1 aliphatic heterocycles. The summed E-state index contributed by atoms with van der Waals surface area (Å²) >= 11 is 0. The number of hydrogen-bond acceptors (Lipinski definition) is 2. The van der Waals surface area contributed by atoms with Gasteiger partial charge in [-0.15, -0.1) is 0 Å². The first-order chi connectivity index (χ1) is 9.34. The van der Waals surface area contributed by atoms with Gasteiger partial charge in [0.15, 0.2) is 0 Å². The molecule has 0 bridgehead atoms. The lowest BCUT2D eigenvalue weighted by Gasteiger charge is -2.48. The molecule has 0 aromatic carbocycles. The van der Waals surface area contributed by atoms with Gasteiger partial charge in [0.25, 0.3) is 0 Å². The molecule has 0 radical (unpaired) electrons. The zero-order chi connectivity index (χ0) is 15.0. The first kappa shape index (κ1) is 15.3. The largest absolute Gasteiger partial charge is 0.342 e. The summed E-state index contributed by atoms with van der Waals surface area (Å²) in [5.74, 6) is 0.978. The second-order valence-electron chi connectivity index (χ2n) is 7.10. The Morgan fingerprint density at radius 2 is 1.65 bits per heavy atom. The highest BCUT2D eigenvalue weighted by atomic mass is 16.2. The lowest BCUT2D eigenvalue weighted by atomic mass is 9.78. The average Bonchev–Trinajstić information content (AvgIpc) is 2.27. The third-order valence-electron chi connectivity index (χ3n) is 4.96. The van der Waals surface area contributed by atoms with E-state index in [1.165, 1.54) is 19.3 Å². The van der Waals surface area contributed by atoms with Crippen molar-refractivity contribution in [1.82, 2.24) is 10.2 Å². The standard InChI is InChI=1S/C16H28N2O2/c1-9(2)13-16(20)18(11(5)12-7-6-8-12)14(10(3)4)15(19)17-13/h9-14H,6-8H2,1-5H3,(H,17,19). The Morgan fingerprint density at radius 1 is 1.05 bits per heavy atom. The van der Waals surface area contributed by atoms with Crippen molar-refractivity contribution in [2.75, 3.05) is 0 Å². The van der Waals surface area contributed by atoms with Gasteiger partial charge >= 0.3 is 0 Å². The summed E-state index contributed by atoms with van der Waals surface area (Å²) in [6, 6.07) is -0.496. The van der Waals surface area contributed by atoms with E-state index in [-0.39, 0.29) is 41.8 Å². The molecule has 2 rings (SSSR count). The molecule has 0 spiro atoms. The van der Waals surface area contributed by atoms with Crippen LogP contribution in [0.5, 0.6) is 0 Å². The number of carbonyl (C=O) groups excluding carboxylic acids is 2. The molecule has 4 nitrogen and oxygen atoms in total. The third kappa shape index (κ3) is 2.57. The van der Waals surface area contributed by atoms with E-state index < -0.39 is 0 Å². The van der Waals surface area contributed by atoms with Gasteiger partial charge in [-0.25, -0.2) is 0 Å². The minimum Gasteiger partial charge on any atom is -0.342 e. The van der Waals surface area contributed by atoms with E-state index in [4.69, 9.17) is 0 Å². The van der Waals surface area contributed by atoms with Crippen LogP contribution < -0.4 is 5.32 Å². The van der Waals surface area contributed by atoms with Gasteiger partial charge in [0.2, 0.25) is 11.8 Å². The molecule has 0 aromatic heterocycles. The number of carbonyl (C=O) groups is 2. The second-order valence-corrected chi connectivity index (χ2v) is 7.10. The predicted octanol–water partition coefficient (Wildman–Crippen LogP) is 2.18. The van der Waals surface area contributed by atoms with Crippen molar-refractivity contribution in [3.8, 4) is 0 Å². The van der Waals surface area contributed by atoms with Crippen LogP contribution in [0.15, 0.2) is 0 Å². The number of nitrogens with zero attached hydrogens (tertiary/aromatic N) is 1. The van der Waals surface area contributed by atoms with E-state index in [0.29, 0.717) is 5.92 Å². The van der Waals surface area contributed by atoms with Crippen molar-refractivity contribution in [1.29, 1.82) is 0 Å². The molecule has 4 heteroatoms. The average molecular weight is 280 g/mol. The van der Waals surface area contributed by atoms with E-state index in [9.17, 15) is 9.59 Å². The lowest BCUT2D eigenvalue weighted by molar-refractivity contribution is -0.157. The predicted molar refractivity (Wildman–Crippen MR) is 79.0 cm³/mol. The Labute approximate surface area is 122 Å². The van der Waals surface area contributed by atoms with Crippen LogP contribution in [0.25, 0.3) is 0 Å². The van der Waals surface area contributed by atoms with Crippen molar-refractivity contribution in [2.24, 2.45) is 17.8 Å². The summed E-state index contributed by atoms with van der Waals surface area (Å²) in [5.41, 5.74) is 0. The number of nitrogens with one attached hydrogen (secondary N) is 1. The van der Waals surface area contributed by atoms with Gasteiger partial charge in [0, 0.05) is 6.04 Å². The highest BCUT2D eigenvalue weighted by molar-refractivity contribution is 5.97. The van der Waals surface area contributed by atoms with Gasteiger partial charge in [0.1, 0.15) is 12.1 Å². The molecule has 3 unspecified atom stereocenters. The van der Waals surface area contributed by atoms with E-state index in [0.717, 1.165) is 0 Å². The van der Waals surface area contributed by atoms with Gasteiger partial charge in [-0.3, -0.25) is 9.59 Å². The fourth-order valence-corrected chi connectivity index (χ4v) is 3.40. The normalized spacial score (nSPS) is 29.6. The van der Waals surface area contributed by atoms with E-state index in [1.54, 1.807) is 0 Å². The summed E-state index contributed by atoms with van der Waals surface area (Å²) in [7, 11) is 0. The van der Waals surface area contributed by atoms with E-state index in [2.05, 4.69) is 12.2 Å². The van der Waals surface area contributed by atoms with Crippen LogP contribution >= 0.6 is 0 Å². The maximum absolute atomic E-state index is 12.8. The molecule has 20 heavy (non-hydrogen) atoms. The number of amides is 2. The molecule has 114 valence electrons. The zero-order valence-corrected chi connectivity index (χ0v) is 13.3. The molecular weight excluding hydrogens is 252 g/mol. The monoisotopic (exact) mass is 280 g/mol. The summed E-state index contributed by atoms with van der Waals surface area (Å²) in [4.78, 5) is 27.2. The minimum absolute atomic E-state index is 0.0180. The van der Waals surface area contributed by atoms with Gasteiger partial charge in [-0.1, -0.05) is 34.1 Å². The number of rotatable bonds is 4. The van der Waals surface area contributed by atoms with Gasteiger partial charge in [-0.2, -0.15) is 0 Å². The lowest BCUT2D eigenvalue weighted by Crippen LogP contribution is -2.68. The highest BCUT2D eigenvalue weighted by Gasteiger charge is 2.46. The molecule has 1 N–H and O–H groups in total. The summed E-state index contributed by atoms with van der Waals surface area (Å²) in [5, 5.41) is 2.93. The molecule has 1 saturated heterocycles. The van der Waals surface area contributed by atoms with Crippen molar-refractivity contribution < 1.29 is 9.59 Å². The molecular formula is C16H28N2O2. The van der Waals surface area contributed by atoms with Crippen LogP contribution in [0.1, 0.15) is 53.9 Å². The highest BCUT2D eigenvalue weighted by Crippen LogP contribution is 2.35. The molecule has 0 aromatic rings. The maximum atomic E-state index is 12.8. The molecule has 1 heterocycles. The fourth-order valence-electron chi connectivity index (χ4n) is 3.40. The first-order valence-electron chi connectivity index (χ1n) is 7.97. The first-order valence-corrected chi connectivity index (χ1v) is 7.97. The number of hydrogen-bond donors (Lipinski definition) is 1. The molecule has 2 aliphatic rings. The Morgan fingerprint density at radius 3 is 2.05 bits per heavy atom. The van der Waals surface area contributed by atoms with Crippen LogP contribution in [0, 0.1) is 17.8 Å². The topological polar surface area (TPSA) is 49.4 Å². The SMILES string of the molecule is CC(C)C1NC(=O)C(C(C)C)N(C(C)C2CCC2)C1=O. The fraction of sp³-hybridized carbons (Fsp3) is 0.875. The van der Waals surface area contributed by atoms with Gasteiger partial charge in [0.05, 0.1) is 0 Å². The summed E-state index contributed by atoms with van der Waals surface area (Å²) in [6.45, 7) is 10.1. The van der Waals surface area contributed by atoms with Crippen LogP contribution in [0.4, 0.5) is 0 Å².